The average Bonchev–Trinajstić information content (AvgIpc) is 2.69. The number of ether oxygens (including phenoxy) is 1. The van der Waals surface area contributed by atoms with Gasteiger partial charge in [-0.15, -0.1) is 6.58 Å². The van der Waals surface area contributed by atoms with Gasteiger partial charge in [0, 0.05) is 30.0 Å². The Morgan fingerprint density at radius 1 is 1.15 bits per heavy atom. The van der Waals surface area contributed by atoms with Crippen LogP contribution in [0.4, 0.5) is 11.4 Å². The van der Waals surface area contributed by atoms with Gasteiger partial charge < -0.3 is 15.0 Å². The maximum absolute atomic E-state index is 12.6. The van der Waals surface area contributed by atoms with Gasteiger partial charge in [-0.05, 0) is 73.7 Å². The highest BCUT2D eigenvalue weighted by molar-refractivity contribution is 6.04. The first-order chi connectivity index (χ1) is 12.7. The molecule has 3 rings (SSSR count). The summed E-state index contributed by atoms with van der Waals surface area (Å²) in [7, 11) is 1.63. The van der Waals surface area contributed by atoms with Gasteiger partial charge in [-0.3, -0.25) is 4.79 Å². The van der Waals surface area contributed by atoms with Crippen LogP contribution in [0.2, 0.25) is 0 Å². The van der Waals surface area contributed by atoms with Gasteiger partial charge >= 0.3 is 0 Å². The largest absolute Gasteiger partial charge is 0.496 e. The summed E-state index contributed by atoms with van der Waals surface area (Å²) in [4.78, 5) is 15.0. The number of hydrogen-bond acceptors (Lipinski definition) is 3. The Kier molecular flexibility index (Phi) is 5.95. The topological polar surface area (TPSA) is 41.6 Å². The number of carbonyl (C=O) groups is 1. The van der Waals surface area contributed by atoms with E-state index in [2.05, 4.69) is 28.9 Å². The molecule has 1 amide bonds. The van der Waals surface area contributed by atoms with Gasteiger partial charge in [0.25, 0.3) is 5.91 Å². The molecule has 1 aliphatic heterocycles. The van der Waals surface area contributed by atoms with Crippen LogP contribution in [0.25, 0.3) is 0 Å². The smallest absolute Gasteiger partial charge is 0.255 e. The van der Waals surface area contributed by atoms with Crippen LogP contribution in [0.15, 0.2) is 55.1 Å². The van der Waals surface area contributed by atoms with E-state index in [4.69, 9.17) is 4.74 Å². The number of allylic oxidation sites excluding steroid dienone is 1. The van der Waals surface area contributed by atoms with Crippen LogP contribution in [-0.2, 0) is 6.42 Å². The molecule has 26 heavy (non-hydrogen) atoms. The molecule has 0 aliphatic carbocycles. The lowest BCUT2D eigenvalue weighted by atomic mass is 10.1. The lowest BCUT2D eigenvalue weighted by Crippen LogP contribution is -2.29. The van der Waals surface area contributed by atoms with E-state index in [-0.39, 0.29) is 5.91 Å². The predicted molar refractivity (Wildman–Crippen MR) is 107 cm³/mol. The van der Waals surface area contributed by atoms with E-state index in [1.54, 1.807) is 19.3 Å². The number of benzene rings is 2. The van der Waals surface area contributed by atoms with Crippen molar-refractivity contribution in [3.63, 3.8) is 0 Å². The van der Waals surface area contributed by atoms with Crippen molar-refractivity contribution in [2.45, 2.75) is 25.7 Å². The monoisotopic (exact) mass is 350 g/mol. The summed E-state index contributed by atoms with van der Waals surface area (Å²) in [6.45, 7) is 5.99. The summed E-state index contributed by atoms with van der Waals surface area (Å²) < 4.78 is 5.34. The van der Waals surface area contributed by atoms with Gasteiger partial charge in [0.05, 0.1) is 7.11 Å². The molecule has 1 aliphatic rings. The number of nitrogens with zero attached hydrogens (tertiary/aromatic N) is 1. The number of piperidine rings is 1. The Hall–Kier alpha value is -2.75. The molecule has 4 nitrogen and oxygen atoms in total. The summed E-state index contributed by atoms with van der Waals surface area (Å²) >= 11 is 0. The van der Waals surface area contributed by atoms with Crippen molar-refractivity contribution < 1.29 is 9.53 Å². The number of hydrogen-bond donors (Lipinski definition) is 1. The second kappa shape index (κ2) is 8.56. The van der Waals surface area contributed by atoms with Crippen LogP contribution < -0.4 is 15.0 Å². The van der Waals surface area contributed by atoms with E-state index >= 15 is 0 Å². The number of methoxy groups -OCH3 is 1. The minimum atomic E-state index is -0.122. The lowest BCUT2D eigenvalue weighted by molar-refractivity contribution is 0.102. The summed E-state index contributed by atoms with van der Waals surface area (Å²) in [5, 5.41) is 2.97. The molecular formula is C22H26N2O2. The second-order valence-corrected chi connectivity index (χ2v) is 6.57. The minimum absolute atomic E-state index is 0.122. The molecule has 0 spiro atoms. The SMILES string of the molecule is C=CCc1cc(C(=O)Nc2ccc(N3CCCCC3)cc2)ccc1OC. The minimum Gasteiger partial charge on any atom is -0.496 e. The van der Waals surface area contributed by atoms with Gasteiger partial charge in [-0.1, -0.05) is 6.08 Å². The Balaban J connectivity index is 1.69. The van der Waals surface area contributed by atoms with Crippen LogP contribution in [0.5, 0.6) is 5.75 Å². The zero-order chi connectivity index (χ0) is 18.4. The highest BCUT2D eigenvalue weighted by Gasteiger charge is 2.12. The first-order valence-electron chi connectivity index (χ1n) is 9.15. The first-order valence-corrected chi connectivity index (χ1v) is 9.15. The fourth-order valence-corrected chi connectivity index (χ4v) is 3.35. The van der Waals surface area contributed by atoms with Crippen LogP contribution in [0.1, 0.15) is 35.2 Å². The fourth-order valence-electron chi connectivity index (χ4n) is 3.35. The Morgan fingerprint density at radius 2 is 1.88 bits per heavy atom. The molecule has 1 fully saturated rings. The van der Waals surface area contributed by atoms with E-state index in [0.29, 0.717) is 12.0 Å². The molecule has 0 atom stereocenters. The number of anilines is 2. The zero-order valence-electron chi connectivity index (χ0n) is 15.3. The van der Waals surface area contributed by atoms with Crippen LogP contribution in [0.3, 0.4) is 0 Å². The van der Waals surface area contributed by atoms with Crippen LogP contribution in [0, 0.1) is 0 Å². The first kappa shape index (κ1) is 18.1. The number of amides is 1. The average molecular weight is 350 g/mol. The van der Waals surface area contributed by atoms with Crippen LogP contribution >= 0.6 is 0 Å². The summed E-state index contributed by atoms with van der Waals surface area (Å²) in [6.07, 6.45) is 6.29. The molecule has 0 unspecified atom stereocenters. The molecule has 1 heterocycles. The molecular weight excluding hydrogens is 324 g/mol. The summed E-state index contributed by atoms with van der Waals surface area (Å²) in [5.74, 6) is 0.649. The third-order valence-corrected chi connectivity index (χ3v) is 4.75. The van der Waals surface area contributed by atoms with Gasteiger partial charge in [0.15, 0.2) is 0 Å². The molecule has 2 aromatic carbocycles. The fraction of sp³-hybridized carbons (Fsp3) is 0.318. The molecule has 1 N–H and O–H groups in total. The van der Waals surface area contributed by atoms with Crippen molar-refractivity contribution in [2.24, 2.45) is 0 Å². The molecule has 0 bridgehead atoms. The van der Waals surface area contributed by atoms with E-state index in [1.807, 2.05) is 24.3 Å². The molecule has 1 saturated heterocycles. The molecule has 0 saturated carbocycles. The van der Waals surface area contributed by atoms with E-state index in [1.165, 1.54) is 24.9 Å². The van der Waals surface area contributed by atoms with Gasteiger partial charge in [0.1, 0.15) is 5.75 Å². The molecule has 0 radical (unpaired) electrons. The lowest BCUT2D eigenvalue weighted by Gasteiger charge is -2.28. The Morgan fingerprint density at radius 3 is 2.54 bits per heavy atom. The highest BCUT2D eigenvalue weighted by atomic mass is 16.5. The van der Waals surface area contributed by atoms with E-state index in [9.17, 15) is 4.79 Å². The number of nitrogens with one attached hydrogen (secondary N) is 1. The van der Waals surface area contributed by atoms with Crippen molar-refractivity contribution >= 4 is 17.3 Å². The van der Waals surface area contributed by atoms with Gasteiger partial charge in [-0.25, -0.2) is 0 Å². The van der Waals surface area contributed by atoms with E-state index < -0.39 is 0 Å². The number of rotatable bonds is 6. The molecule has 2 aromatic rings. The van der Waals surface area contributed by atoms with Crippen molar-refractivity contribution in [1.82, 2.24) is 0 Å². The zero-order valence-corrected chi connectivity index (χ0v) is 15.3. The Labute approximate surface area is 155 Å². The normalized spacial score (nSPS) is 14.0. The summed E-state index contributed by atoms with van der Waals surface area (Å²) in [6, 6.07) is 13.6. The third-order valence-electron chi connectivity index (χ3n) is 4.75. The van der Waals surface area contributed by atoms with Crippen molar-refractivity contribution in [1.29, 1.82) is 0 Å². The number of carbonyl (C=O) groups excluding carboxylic acids is 1. The van der Waals surface area contributed by atoms with Crippen molar-refractivity contribution in [3.8, 4) is 5.75 Å². The predicted octanol–water partition coefficient (Wildman–Crippen LogP) is 4.67. The second-order valence-electron chi connectivity index (χ2n) is 6.57. The third kappa shape index (κ3) is 4.26. The molecule has 4 heteroatoms. The quantitative estimate of drug-likeness (QED) is 0.770. The maximum atomic E-state index is 12.6. The van der Waals surface area contributed by atoms with Crippen molar-refractivity contribution in [3.05, 3.63) is 66.2 Å². The Bertz CT molecular complexity index is 762. The standard InChI is InChI=1S/C22H26N2O2/c1-3-7-17-16-18(8-13-21(17)26-2)22(25)23-19-9-11-20(12-10-19)24-14-5-4-6-15-24/h3,8-13,16H,1,4-7,14-15H2,2H3,(H,23,25). The molecule has 0 aromatic heterocycles. The van der Waals surface area contributed by atoms with Gasteiger partial charge in [0.2, 0.25) is 0 Å². The van der Waals surface area contributed by atoms with Crippen LogP contribution in [-0.4, -0.2) is 26.1 Å². The summed E-state index contributed by atoms with van der Waals surface area (Å²) in [5.41, 5.74) is 3.59. The van der Waals surface area contributed by atoms with E-state index in [0.717, 1.165) is 30.1 Å². The maximum Gasteiger partial charge on any atom is 0.255 e. The molecule has 136 valence electrons. The highest BCUT2D eigenvalue weighted by Crippen LogP contribution is 2.24. The van der Waals surface area contributed by atoms with Crippen molar-refractivity contribution in [2.75, 3.05) is 30.4 Å². The van der Waals surface area contributed by atoms with Gasteiger partial charge in [-0.2, -0.15) is 0 Å².